The summed E-state index contributed by atoms with van der Waals surface area (Å²) in [7, 11) is 0. The van der Waals surface area contributed by atoms with Crippen molar-refractivity contribution in [1.82, 2.24) is 0 Å². The van der Waals surface area contributed by atoms with Crippen molar-refractivity contribution in [3.63, 3.8) is 0 Å². The van der Waals surface area contributed by atoms with Crippen LogP contribution >= 0.6 is 11.6 Å². The molecule has 8 nitrogen and oxygen atoms in total. The molecule has 0 fully saturated rings. The Balaban J connectivity index is 3.08. The molecule has 0 heterocycles. The average Bonchev–Trinajstić information content (AvgIpc) is 2.42. The standard InChI is InChI=1S/C13H17ClN4O4/c1-8(13(3,4)14)9(2)15-16-11-6-5-10(17(19)20)7-12(11)18(21)22/h5-8,16H,1-4H3/b15-9+. The van der Waals surface area contributed by atoms with Crippen LogP contribution < -0.4 is 5.43 Å². The molecular formula is C13H17ClN4O4. The van der Waals surface area contributed by atoms with Gasteiger partial charge in [-0.2, -0.15) is 5.10 Å². The lowest BCUT2D eigenvalue weighted by molar-refractivity contribution is -0.393. The van der Waals surface area contributed by atoms with Gasteiger partial charge in [-0.1, -0.05) is 6.92 Å². The topological polar surface area (TPSA) is 111 Å². The van der Waals surface area contributed by atoms with E-state index in [9.17, 15) is 20.2 Å². The molecule has 22 heavy (non-hydrogen) atoms. The minimum atomic E-state index is -0.699. The number of nitrogens with one attached hydrogen (secondary N) is 1. The highest BCUT2D eigenvalue weighted by molar-refractivity contribution is 6.25. The normalized spacial score (nSPS) is 13.6. The summed E-state index contributed by atoms with van der Waals surface area (Å²) in [6.07, 6.45) is 0. The molecule has 1 aromatic rings. The number of hydrogen-bond acceptors (Lipinski definition) is 6. The maximum absolute atomic E-state index is 11.0. The highest BCUT2D eigenvalue weighted by Gasteiger charge is 2.25. The predicted molar refractivity (Wildman–Crippen MR) is 85.6 cm³/mol. The first-order valence-electron chi connectivity index (χ1n) is 6.46. The first-order chi connectivity index (χ1) is 10.0. The summed E-state index contributed by atoms with van der Waals surface area (Å²) in [6, 6.07) is 3.32. The van der Waals surface area contributed by atoms with Crippen molar-refractivity contribution in [1.29, 1.82) is 0 Å². The summed E-state index contributed by atoms with van der Waals surface area (Å²) in [6.45, 7) is 7.32. The zero-order valence-corrected chi connectivity index (χ0v) is 13.4. The maximum Gasteiger partial charge on any atom is 0.301 e. The number of anilines is 1. The largest absolute Gasteiger partial charge is 0.301 e. The molecule has 0 saturated heterocycles. The number of rotatable bonds is 6. The van der Waals surface area contributed by atoms with E-state index in [0.29, 0.717) is 5.71 Å². The summed E-state index contributed by atoms with van der Waals surface area (Å²) >= 11 is 6.21. The summed E-state index contributed by atoms with van der Waals surface area (Å²) < 4.78 is 0. The van der Waals surface area contributed by atoms with Gasteiger partial charge in [-0.05, 0) is 26.8 Å². The Morgan fingerprint density at radius 1 is 1.32 bits per heavy atom. The minimum absolute atomic E-state index is 0.0706. The zero-order chi connectivity index (χ0) is 17.1. The Hall–Kier alpha value is -2.22. The van der Waals surface area contributed by atoms with E-state index in [0.717, 1.165) is 6.07 Å². The number of nitrogens with zero attached hydrogens (tertiary/aromatic N) is 3. The van der Waals surface area contributed by atoms with E-state index in [1.54, 1.807) is 6.92 Å². The summed E-state index contributed by atoms with van der Waals surface area (Å²) in [5, 5.41) is 25.8. The molecule has 1 atom stereocenters. The third-order valence-electron chi connectivity index (χ3n) is 3.40. The van der Waals surface area contributed by atoms with E-state index in [-0.39, 0.29) is 17.3 Å². The van der Waals surface area contributed by atoms with Crippen molar-refractivity contribution in [3.05, 3.63) is 38.4 Å². The van der Waals surface area contributed by atoms with Gasteiger partial charge in [0.15, 0.2) is 0 Å². The molecule has 0 radical (unpaired) electrons. The molecule has 0 saturated carbocycles. The molecular weight excluding hydrogens is 312 g/mol. The number of nitro benzene ring substituents is 2. The van der Waals surface area contributed by atoms with Gasteiger partial charge in [0.2, 0.25) is 0 Å². The number of non-ortho nitro benzene ring substituents is 1. The van der Waals surface area contributed by atoms with Crippen molar-refractivity contribution in [2.45, 2.75) is 32.6 Å². The van der Waals surface area contributed by atoms with Crippen LogP contribution in [0.3, 0.4) is 0 Å². The van der Waals surface area contributed by atoms with Gasteiger partial charge in [-0.25, -0.2) is 0 Å². The van der Waals surface area contributed by atoms with E-state index in [4.69, 9.17) is 11.6 Å². The van der Waals surface area contributed by atoms with Gasteiger partial charge in [0.1, 0.15) is 5.69 Å². The third kappa shape index (κ3) is 4.39. The predicted octanol–water partition coefficient (Wildman–Crippen LogP) is 3.94. The van der Waals surface area contributed by atoms with Gasteiger partial charge in [0, 0.05) is 22.6 Å². The van der Waals surface area contributed by atoms with Crippen LogP contribution in [0, 0.1) is 26.1 Å². The monoisotopic (exact) mass is 328 g/mol. The number of hydrogen-bond donors (Lipinski definition) is 1. The van der Waals surface area contributed by atoms with Crippen LogP contribution in [0.2, 0.25) is 0 Å². The van der Waals surface area contributed by atoms with Gasteiger partial charge in [-0.3, -0.25) is 25.7 Å². The minimum Gasteiger partial charge on any atom is -0.272 e. The molecule has 9 heteroatoms. The third-order valence-corrected chi connectivity index (χ3v) is 3.73. The fraction of sp³-hybridized carbons (Fsp3) is 0.462. The van der Waals surface area contributed by atoms with Crippen LogP contribution in [-0.2, 0) is 0 Å². The Kier molecular flexibility index (Phi) is 5.43. The summed E-state index contributed by atoms with van der Waals surface area (Å²) in [5.74, 6) is -0.0706. The number of benzene rings is 1. The van der Waals surface area contributed by atoms with E-state index in [1.807, 2.05) is 20.8 Å². The molecule has 0 aliphatic heterocycles. The first kappa shape index (κ1) is 17.8. The lowest BCUT2D eigenvalue weighted by Crippen LogP contribution is -2.28. The Morgan fingerprint density at radius 3 is 2.36 bits per heavy atom. The molecule has 0 bridgehead atoms. The fourth-order valence-electron chi connectivity index (χ4n) is 1.62. The van der Waals surface area contributed by atoms with Crippen molar-refractivity contribution >= 4 is 34.4 Å². The smallest absolute Gasteiger partial charge is 0.272 e. The first-order valence-corrected chi connectivity index (χ1v) is 6.83. The van der Waals surface area contributed by atoms with Gasteiger partial charge in [0.25, 0.3) is 5.69 Å². The van der Waals surface area contributed by atoms with Crippen LogP contribution in [0.5, 0.6) is 0 Å². The lowest BCUT2D eigenvalue weighted by Gasteiger charge is -2.24. The number of alkyl halides is 1. The maximum atomic E-state index is 11.0. The van der Waals surface area contributed by atoms with Crippen LogP contribution in [0.4, 0.5) is 17.1 Å². The number of nitro groups is 2. The summed E-state index contributed by atoms with van der Waals surface area (Å²) in [4.78, 5) is 19.8. The molecule has 1 rings (SSSR count). The van der Waals surface area contributed by atoms with Gasteiger partial charge >= 0.3 is 5.69 Å². The Morgan fingerprint density at radius 2 is 1.91 bits per heavy atom. The highest BCUT2D eigenvalue weighted by Crippen LogP contribution is 2.30. The second-order valence-electron chi connectivity index (χ2n) is 5.37. The van der Waals surface area contributed by atoms with Crippen LogP contribution in [-0.4, -0.2) is 20.4 Å². The Bertz CT molecular complexity index is 625. The molecule has 1 N–H and O–H groups in total. The summed E-state index contributed by atoms with van der Waals surface area (Å²) in [5.41, 5.74) is 2.55. The molecule has 1 aromatic carbocycles. The Labute approximate surface area is 132 Å². The van der Waals surface area contributed by atoms with E-state index in [2.05, 4.69) is 10.5 Å². The van der Waals surface area contributed by atoms with Crippen LogP contribution in [0.25, 0.3) is 0 Å². The van der Waals surface area contributed by atoms with Crippen LogP contribution in [0.15, 0.2) is 23.3 Å². The molecule has 1 unspecified atom stereocenters. The average molecular weight is 329 g/mol. The number of hydrazone groups is 1. The van der Waals surface area contributed by atoms with Crippen molar-refractivity contribution < 1.29 is 9.85 Å². The molecule has 120 valence electrons. The lowest BCUT2D eigenvalue weighted by atomic mass is 9.93. The number of halogens is 1. The molecule has 0 aliphatic rings. The van der Waals surface area contributed by atoms with Crippen molar-refractivity contribution in [2.24, 2.45) is 11.0 Å². The molecule has 0 spiro atoms. The van der Waals surface area contributed by atoms with Gasteiger partial charge in [-0.15, -0.1) is 11.6 Å². The fourth-order valence-corrected chi connectivity index (χ4v) is 1.78. The highest BCUT2D eigenvalue weighted by atomic mass is 35.5. The molecule has 0 amide bonds. The SMILES string of the molecule is C/C(=N\Nc1ccc([N+](=O)[O-])cc1[N+](=O)[O-])C(C)C(C)(C)Cl. The van der Waals surface area contributed by atoms with Crippen molar-refractivity contribution in [2.75, 3.05) is 5.43 Å². The van der Waals surface area contributed by atoms with Gasteiger partial charge < -0.3 is 0 Å². The van der Waals surface area contributed by atoms with E-state index < -0.39 is 20.4 Å². The van der Waals surface area contributed by atoms with E-state index >= 15 is 0 Å². The molecule has 0 aliphatic carbocycles. The zero-order valence-electron chi connectivity index (χ0n) is 12.7. The second kappa shape index (κ2) is 6.69. The second-order valence-corrected chi connectivity index (χ2v) is 6.34. The molecule has 0 aromatic heterocycles. The van der Waals surface area contributed by atoms with Crippen molar-refractivity contribution in [3.8, 4) is 0 Å². The quantitative estimate of drug-likeness (QED) is 0.368. The van der Waals surface area contributed by atoms with E-state index in [1.165, 1.54) is 12.1 Å². The van der Waals surface area contributed by atoms with Crippen LogP contribution in [0.1, 0.15) is 27.7 Å². The van der Waals surface area contributed by atoms with Gasteiger partial charge in [0.05, 0.1) is 15.9 Å².